The summed E-state index contributed by atoms with van der Waals surface area (Å²) in [6.07, 6.45) is 4.17. The highest BCUT2D eigenvalue weighted by atomic mass is 16.5. The van der Waals surface area contributed by atoms with Gasteiger partial charge in [0.2, 0.25) is 5.91 Å². The topological polar surface area (TPSA) is 68.2 Å². The molecule has 2 N–H and O–H groups in total. The van der Waals surface area contributed by atoms with Crippen LogP contribution >= 0.6 is 0 Å². The minimum atomic E-state index is 0.0496. The second kappa shape index (κ2) is 7.89. The lowest BCUT2D eigenvalue weighted by Gasteiger charge is -2.23. The van der Waals surface area contributed by atoms with E-state index in [0.29, 0.717) is 19.6 Å². The Balaban J connectivity index is 1.43. The molecule has 2 aromatic rings. The van der Waals surface area contributed by atoms with Gasteiger partial charge in [-0.25, -0.2) is 0 Å². The fourth-order valence-electron chi connectivity index (χ4n) is 2.59. The Morgan fingerprint density at radius 2 is 2.17 bits per heavy atom. The van der Waals surface area contributed by atoms with Crippen molar-refractivity contribution in [3.8, 4) is 0 Å². The second-order valence-corrected chi connectivity index (χ2v) is 5.73. The number of amides is 1. The first-order valence-electron chi connectivity index (χ1n) is 7.93. The maximum absolute atomic E-state index is 11.9. The summed E-state index contributed by atoms with van der Waals surface area (Å²) < 4.78 is 7.24. The molecule has 0 radical (unpaired) electrons. The molecule has 3 rings (SSSR count). The number of carbonyl (C=O) groups is 1. The molecule has 2 heterocycles. The third kappa shape index (κ3) is 4.91. The van der Waals surface area contributed by atoms with Crippen molar-refractivity contribution >= 4 is 5.91 Å². The average molecular weight is 314 g/mol. The summed E-state index contributed by atoms with van der Waals surface area (Å²) in [7, 11) is 0. The van der Waals surface area contributed by atoms with Crippen molar-refractivity contribution in [3.05, 3.63) is 53.9 Å². The van der Waals surface area contributed by atoms with E-state index in [2.05, 4.69) is 27.9 Å². The van der Waals surface area contributed by atoms with Crippen LogP contribution in [0, 0.1) is 0 Å². The summed E-state index contributed by atoms with van der Waals surface area (Å²) in [5.74, 6) is 0.0496. The van der Waals surface area contributed by atoms with E-state index in [0.717, 1.165) is 25.3 Å². The number of rotatable bonds is 6. The zero-order valence-electron chi connectivity index (χ0n) is 13.1. The molecule has 1 aromatic heterocycles. The number of benzene rings is 1. The Kier molecular flexibility index (Phi) is 5.39. The van der Waals surface area contributed by atoms with E-state index in [1.165, 1.54) is 5.56 Å². The molecule has 1 unspecified atom stereocenters. The summed E-state index contributed by atoms with van der Waals surface area (Å²) in [5, 5.41) is 10.4. The van der Waals surface area contributed by atoms with E-state index < -0.39 is 0 Å². The molecule has 0 saturated carbocycles. The standard InChI is InChI=1S/C17H22N4O2/c22-17(10-16-13-23-9-7-18-16)19-11-14-2-4-15(5-3-14)12-21-8-1-6-20-21/h1-6,8,16,18H,7,9-13H2,(H,19,22). The van der Waals surface area contributed by atoms with E-state index in [1.807, 2.05) is 29.1 Å². The van der Waals surface area contributed by atoms with Gasteiger partial charge in [-0.2, -0.15) is 5.10 Å². The Labute approximate surface area is 135 Å². The number of morpholine rings is 1. The number of hydrogen-bond acceptors (Lipinski definition) is 4. The van der Waals surface area contributed by atoms with Gasteiger partial charge in [-0.05, 0) is 17.2 Å². The van der Waals surface area contributed by atoms with E-state index in [-0.39, 0.29) is 11.9 Å². The van der Waals surface area contributed by atoms with Crippen LogP contribution in [0.5, 0.6) is 0 Å². The van der Waals surface area contributed by atoms with Gasteiger partial charge in [-0.15, -0.1) is 0 Å². The molecule has 0 aliphatic carbocycles. The van der Waals surface area contributed by atoms with Crippen LogP contribution in [0.15, 0.2) is 42.7 Å². The van der Waals surface area contributed by atoms with Gasteiger partial charge in [0.05, 0.1) is 19.8 Å². The zero-order valence-corrected chi connectivity index (χ0v) is 13.1. The number of hydrogen-bond donors (Lipinski definition) is 2. The number of aromatic nitrogens is 2. The van der Waals surface area contributed by atoms with Crippen molar-refractivity contribution in [3.63, 3.8) is 0 Å². The van der Waals surface area contributed by atoms with Crippen molar-refractivity contribution in [2.24, 2.45) is 0 Å². The molecule has 1 atom stereocenters. The van der Waals surface area contributed by atoms with Gasteiger partial charge in [-0.3, -0.25) is 9.48 Å². The highest BCUT2D eigenvalue weighted by molar-refractivity contribution is 5.76. The lowest BCUT2D eigenvalue weighted by atomic mass is 10.1. The van der Waals surface area contributed by atoms with Crippen molar-refractivity contribution in [2.45, 2.75) is 25.6 Å². The van der Waals surface area contributed by atoms with Crippen LogP contribution in [0.1, 0.15) is 17.5 Å². The molecule has 0 bridgehead atoms. The van der Waals surface area contributed by atoms with Crippen molar-refractivity contribution < 1.29 is 9.53 Å². The monoisotopic (exact) mass is 314 g/mol. The van der Waals surface area contributed by atoms with Gasteiger partial charge in [-0.1, -0.05) is 24.3 Å². The summed E-state index contributed by atoms with van der Waals surface area (Å²) in [5.41, 5.74) is 2.28. The molecule has 6 nitrogen and oxygen atoms in total. The lowest BCUT2D eigenvalue weighted by molar-refractivity contribution is -0.122. The molecule has 1 aliphatic heterocycles. The largest absolute Gasteiger partial charge is 0.378 e. The van der Waals surface area contributed by atoms with Crippen LogP contribution in [0.2, 0.25) is 0 Å². The molecule has 1 saturated heterocycles. The lowest BCUT2D eigenvalue weighted by Crippen LogP contribution is -2.44. The summed E-state index contributed by atoms with van der Waals surface area (Å²) in [6.45, 7) is 3.45. The van der Waals surface area contributed by atoms with Gasteiger partial charge in [0.1, 0.15) is 0 Å². The summed E-state index contributed by atoms with van der Waals surface area (Å²) in [6, 6.07) is 10.3. The fourth-order valence-corrected chi connectivity index (χ4v) is 2.59. The molecule has 1 aliphatic rings. The molecule has 6 heteroatoms. The van der Waals surface area contributed by atoms with Gasteiger partial charge >= 0.3 is 0 Å². The predicted octanol–water partition coefficient (Wildman–Crippen LogP) is 0.926. The Morgan fingerprint density at radius 3 is 2.87 bits per heavy atom. The molecular formula is C17H22N4O2. The smallest absolute Gasteiger partial charge is 0.221 e. The quantitative estimate of drug-likeness (QED) is 0.832. The third-order valence-corrected chi connectivity index (χ3v) is 3.85. The third-order valence-electron chi connectivity index (χ3n) is 3.85. The van der Waals surface area contributed by atoms with Gasteiger partial charge in [0.25, 0.3) is 0 Å². The van der Waals surface area contributed by atoms with Crippen LogP contribution in [-0.2, 0) is 22.6 Å². The van der Waals surface area contributed by atoms with Crippen LogP contribution in [-0.4, -0.2) is 41.5 Å². The van der Waals surface area contributed by atoms with E-state index in [9.17, 15) is 4.79 Å². The number of carbonyl (C=O) groups excluding carboxylic acids is 1. The Morgan fingerprint density at radius 1 is 1.35 bits per heavy atom. The van der Waals surface area contributed by atoms with Crippen molar-refractivity contribution in [2.75, 3.05) is 19.8 Å². The van der Waals surface area contributed by atoms with Gasteiger partial charge < -0.3 is 15.4 Å². The van der Waals surface area contributed by atoms with E-state index in [1.54, 1.807) is 6.20 Å². The Bertz CT molecular complexity index is 604. The van der Waals surface area contributed by atoms with Crippen molar-refractivity contribution in [1.82, 2.24) is 20.4 Å². The number of nitrogens with zero attached hydrogens (tertiary/aromatic N) is 2. The van der Waals surface area contributed by atoms with Crippen LogP contribution in [0.4, 0.5) is 0 Å². The Hall–Kier alpha value is -2.18. The van der Waals surface area contributed by atoms with E-state index in [4.69, 9.17) is 4.74 Å². The molecule has 0 spiro atoms. The molecule has 1 amide bonds. The zero-order chi connectivity index (χ0) is 15.9. The van der Waals surface area contributed by atoms with Crippen LogP contribution in [0.25, 0.3) is 0 Å². The van der Waals surface area contributed by atoms with Gasteiger partial charge in [0.15, 0.2) is 0 Å². The van der Waals surface area contributed by atoms with Crippen LogP contribution < -0.4 is 10.6 Å². The number of ether oxygens (including phenoxy) is 1. The maximum atomic E-state index is 11.9. The first-order valence-corrected chi connectivity index (χ1v) is 7.93. The normalized spacial score (nSPS) is 17.8. The molecule has 23 heavy (non-hydrogen) atoms. The van der Waals surface area contributed by atoms with Gasteiger partial charge in [0, 0.05) is 37.9 Å². The van der Waals surface area contributed by atoms with Crippen LogP contribution in [0.3, 0.4) is 0 Å². The predicted molar refractivity (Wildman–Crippen MR) is 86.8 cm³/mol. The minimum absolute atomic E-state index is 0.0496. The molecule has 1 fully saturated rings. The average Bonchev–Trinajstić information content (AvgIpc) is 3.08. The molecular weight excluding hydrogens is 292 g/mol. The highest BCUT2D eigenvalue weighted by Gasteiger charge is 2.16. The minimum Gasteiger partial charge on any atom is -0.378 e. The first-order chi connectivity index (χ1) is 11.3. The maximum Gasteiger partial charge on any atom is 0.221 e. The first kappa shape index (κ1) is 15.7. The second-order valence-electron chi connectivity index (χ2n) is 5.73. The molecule has 122 valence electrons. The highest BCUT2D eigenvalue weighted by Crippen LogP contribution is 2.06. The molecule has 1 aromatic carbocycles. The summed E-state index contributed by atoms with van der Waals surface area (Å²) in [4.78, 5) is 11.9. The summed E-state index contributed by atoms with van der Waals surface area (Å²) >= 11 is 0. The van der Waals surface area contributed by atoms with Crippen molar-refractivity contribution in [1.29, 1.82) is 0 Å². The number of nitrogens with one attached hydrogen (secondary N) is 2. The van der Waals surface area contributed by atoms with E-state index >= 15 is 0 Å². The SMILES string of the molecule is O=C(CC1COCCN1)NCc1ccc(Cn2cccn2)cc1. The fraction of sp³-hybridized carbons (Fsp3) is 0.412.